The number of aryl methyl sites for hydroxylation is 1. The van der Waals surface area contributed by atoms with Crippen LogP contribution in [0.5, 0.6) is 0 Å². The third-order valence-electron chi connectivity index (χ3n) is 3.18. The Labute approximate surface area is 128 Å². The first kappa shape index (κ1) is 14.8. The van der Waals surface area contributed by atoms with Crippen molar-refractivity contribution in [1.82, 2.24) is 5.32 Å². The summed E-state index contributed by atoms with van der Waals surface area (Å²) < 4.78 is 1.02. The summed E-state index contributed by atoms with van der Waals surface area (Å²) in [7, 11) is 0. The van der Waals surface area contributed by atoms with Crippen LogP contribution in [0, 0.1) is 6.92 Å². The lowest BCUT2D eigenvalue weighted by Gasteiger charge is -2.14. The number of hydrogen-bond donors (Lipinski definition) is 1. The summed E-state index contributed by atoms with van der Waals surface area (Å²) in [6.45, 7) is 4.00. The molecule has 1 N–H and O–H groups in total. The third kappa shape index (κ3) is 3.94. The van der Waals surface area contributed by atoms with Gasteiger partial charge < -0.3 is 5.32 Å². The van der Waals surface area contributed by atoms with Crippen molar-refractivity contribution in [2.24, 2.45) is 0 Å². The molecular formula is C17H18BrNO. The highest BCUT2D eigenvalue weighted by molar-refractivity contribution is 9.10. The molecule has 2 rings (SSSR count). The van der Waals surface area contributed by atoms with Gasteiger partial charge in [0.2, 0.25) is 0 Å². The lowest BCUT2D eigenvalue weighted by molar-refractivity contribution is 0.0940. The zero-order chi connectivity index (χ0) is 14.5. The van der Waals surface area contributed by atoms with E-state index in [0.717, 1.165) is 16.5 Å². The standard InChI is InChI=1S/C17H18BrNO/c1-12-10-15(8-9-16(12)18)17(20)19-13(2)11-14-6-4-3-5-7-14/h3-10,13H,11H2,1-2H3,(H,19,20). The molecule has 0 spiro atoms. The molecule has 0 saturated carbocycles. The van der Waals surface area contributed by atoms with Crippen LogP contribution < -0.4 is 5.32 Å². The molecule has 0 aromatic heterocycles. The van der Waals surface area contributed by atoms with Gasteiger partial charge in [-0.15, -0.1) is 0 Å². The van der Waals surface area contributed by atoms with E-state index in [2.05, 4.69) is 33.4 Å². The zero-order valence-electron chi connectivity index (χ0n) is 11.7. The molecule has 0 heterocycles. The summed E-state index contributed by atoms with van der Waals surface area (Å²) in [5.41, 5.74) is 2.99. The monoisotopic (exact) mass is 331 g/mol. The van der Waals surface area contributed by atoms with Gasteiger partial charge in [-0.05, 0) is 49.6 Å². The summed E-state index contributed by atoms with van der Waals surface area (Å²) in [6.07, 6.45) is 0.835. The highest BCUT2D eigenvalue weighted by atomic mass is 79.9. The van der Waals surface area contributed by atoms with Gasteiger partial charge in [0.25, 0.3) is 5.91 Å². The van der Waals surface area contributed by atoms with Crippen LogP contribution >= 0.6 is 15.9 Å². The second-order valence-electron chi connectivity index (χ2n) is 5.03. The van der Waals surface area contributed by atoms with Gasteiger partial charge in [-0.25, -0.2) is 0 Å². The molecule has 0 aliphatic rings. The summed E-state index contributed by atoms with van der Waals surface area (Å²) in [4.78, 5) is 12.2. The third-order valence-corrected chi connectivity index (χ3v) is 4.07. The van der Waals surface area contributed by atoms with Gasteiger partial charge in [0, 0.05) is 16.1 Å². The molecule has 20 heavy (non-hydrogen) atoms. The SMILES string of the molecule is Cc1cc(C(=O)NC(C)Cc2ccccc2)ccc1Br. The molecule has 2 aromatic carbocycles. The van der Waals surface area contributed by atoms with E-state index in [1.54, 1.807) is 0 Å². The Morgan fingerprint density at radius 3 is 2.55 bits per heavy atom. The van der Waals surface area contributed by atoms with Crippen molar-refractivity contribution in [1.29, 1.82) is 0 Å². The molecule has 2 nitrogen and oxygen atoms in total. The van der Waals surface area contributed by atoms with E-state index >= 15 is 0 Å². The quantitative estimate of drug-likeness (QED) is 0.897. The summed E-state index contributed by atoms with van der Waals surface area (Å²) in [5, 5.41) is 3.04. The van der Waals surface area contributed by atoms with Crippen molar-refractivity contribution in [3.05, 3.63) is 69.7 Å². The number of nitrogens with one attached hydrogen (secondary N) is 1. The van der Waals surface area contributed by atoms with Gasteiger partial charge in [-0.3, -0.25) is 4.79 Å². The number of benzene rings is 2. The first-order valence-electron chi connectivity index (χ1n) is 6.67. The molecule has 2 aromatic rings. The maximum Gasteiger partial charge on any atom is 0.251 e. The lowest BCUT2D eigenvalue weighted by Crippen LogP contribution is -2.34. The van der Waals surface area contributed by atoms with Crippen molar-refractivity contribution in [2.45, 2.75) is 26.3 Å². The fraction of sp³-hybridized carbons (Fsp3) is 0.235. The molecule has 1 amide bonds. The van der Waals surface area contributed by atoms with Crippen LogP contribution in [0.1, 0.15) is 28.4 Å². The molecule has 0 fully saturated rings. The first-order chi connectivity index (χ1) is 9.56. The number of carbonyl (C=O) groups is 1. The van der Waals surface area contributed by atoms with Gasteiger partial charge in [-0.1, -0.05) is 46.3 Å². The molecule has 104 valence electrons. The van der Waals surface area contributed by atoms with Crippen LogP contribution in [0.4, 0.5) is 0 Å². The Kier molecular flexibility index (Phi) is 4.96. The van der Waals surface area contributed by atoms with Crippen LogP contribution in [0.25, 0.3) is 0 Å². The van der Waals surface area contributed by atoms with Crippen molar-refractivity contribution < 1.29 is 4.79 Å². The minimum absolute atomic E-state index is 0.0240. The van der Waals surface area contributed by atoms with Gasteiger partial charge in [0.05, 0.1) is 0 Å². The Balaban J connectivity index is 1.98. The van der Waals surface area contributed by atoms with Gasteiger partial charge in [0.15, 0.2) is 0 Å². The maximum absolute atomic E-state index is 12.2. The van der Waals surface area contributed by atoms with E-state index in [0.29, 0.717) is 5.56 Å². The number of amides is 1. The zero-order valence-corrected chi connectivity index (χ0v) is 13.3. The minimum atomic E-state index is -0.0240. The van der Waals surface area contributed by atoms with E-state index in [1.165, 1.54) is 5.56 Å². The number of halogens is 1. The average molecular weight is 332 g/mol. The first-order valence-corrected chi connectivity index (χ1v) is 7.46. The molecule has 0 saturated heterocycles. The summed E-state index contributed by atoms with van der Waals surface area (Å²) >= 11 is 3.44. The van der Waals surface area contributed by atoms with Crippen LogP contribution in [0.2, 0.25) is 0 Å². The van der Waals surface area contributed by atoms with Crippen LogP contribution in [-0.2, 0) is 6.42 Å². The molecule has 0 aliphatic carbocycles. The number of carbonyl (C=O) groups excluding carboxylic acids is 1. The van der Waals surface area contributed by atoms with E-state index in [-0.39, 0.29) is 11.9 Å². The predicted octanol–water partition coefficient (Wildman–Crippen LogP) is 4.12. The van der Waals surface area contributed by atoms with E-state index in [9.17, 15) is 4.79 Å². The highest BCUT2D eigenvalue weighted by Crippen LogP contribution is 2.17. The normalized spacial score (nSPS) is 11.9. The highest BCUT2D eigenvalue weighted by Gasteiger charge is 2.11. The lowest BCUT2D eigenvalue weighted by atomic mass is 10.1. The molecular weight excluding hydrogens is 314 g/mol. The number of rotatable bonds is 4. The van der Waals surface area contributed by atoms with E-state index < -0.39 is 0 Å². The van der Waals surface area contributed by atoms with Crippen molar-refractivity contribution in [2.75, 3.05) is 0 Å². The second kappa shape index (κ2) is 6.71. The smallest absolute Gasteiger partial charge is 0.251 e. The molecule has 0 aliphatic heterocycles. The topological polar surface area (TPSA) is 29.1 Å². The summed E-state index contributed by atoms with van der Waals surface area (Å²) in [6, 6.07) is 15.9. The van der Waals surface area contributed by atoms with Gasteiger partial charge in [0.1, 0.15) is 0 Å². The fourth-order valence-corrected chi connectivity index (χ4v) is 2.36. The largest absolute Gasteiger partial charge is 0.349 e. The Hall–Kier alpha value is -1.61. The molecule has 1 atom stereocenters. The molecule has 1 unspecified atom stereocenters. The minimum Gasteiger partial charge on any atom is -0.349 e. The molecule has 3 heteroatoms. The van der Waals surface area contributed by atoms with E-state index in [1.807, 2.05) is 50.2 Å². The van der Waals surface area contributed by atoms with Crippen molar-refractivity contribution in [3.63, 3.8) is 0 Å². The number of hydrogen-bond acceptors (Lipinski definition) is 1. The molecule has 0 bridgehead atoms. The van der Waals surface area contributed by atoms with Crippen LogP contribution in [0.15, 0.2) is 53.0 Å². The maximum atomic E-state index is 12.2. The van der Waals surface area contributed by atoms with Gasteiger partial charge in [-0.2, -0.15) is 0 Å². The fourth-order valence-electron chi connectivity index (χ4n) is 2.11. The van der Waals surface area contributed by atoms with Crippen molar-refractivity contribution >= 4 is 21.8 Å². The predicted molar refractivity (Wildman–Crippen MR) is 86.0 cm³/mol. The molecule has 0 radical (unpaired) electrons. The van der Waals surface area contributed by atoms with Crippen molar-refractivity contribution in [3.8, 4) is 0 Å². The van der Waals surface area contributed by atoms with Gasteiger partial charge >= 0.3 is 0 Å². The second-order valence-corrected chi connectivity index (χ2v) is 5.88. The van der Waals surface area contributed by atoms with Crippen LogP contribution in [0.3, 0.4) is 0 Å². The Bertz CT molecular complexity index is 595. The Morgan fingerprint density at radius 1 is 1.20 bits per heavy atom. The van der Waals surface area contributed by atoms with E-state index in [4.69, 9.17) is 0 Å². The summed E-state index contributed by atoms with van der Waals surface area (Å²) in [5.74, 6) is -0.0240. The average Bonchev–Trinajstić information content (AvgIpc) is 2.42. The Morgan fingerprint density at radius 2 is 1.90 bits per heavy atom. The van der Waals surface area contributed by atoms with Crippen LogP contribution in [-0.4, -0.2) is 11.9 Å².